The molecule has 0 radical (unpaired) electrons. The number of ether oxygens (including phenoxy) is 1. The molecule has 2 aromatic heterocycles. The highest BCUT2D eigenvalue weighted by Gasteiger charge is 2.14. The number of hydrogen-bond donors (Lipinski definition) is 1. The Hall–Kier alpha value is -3.41. The normalized spacial score (nSPS) is 11.1. The van der Waals surface area contributed by atoms with E-state index in [1.54, 1.807) is 0 Å². The Bertz CT molecular complexity index is 1050. The predicted octanol–water partition coefficient (Wildman–Crippen LogP) is 5.32. The fraction of sp³-hybridized carbons (Fsp3) is 0.227. The van der Waals surface area contributed by atoms with E-state index in [1.807, 2.05) is 37.3 Å². The van der Waals surface area contributed by atoms with Crippen LogP contribution in [0.5, 0.6) is 5.75 Å². The van der Waals surface area contributed by atoms with Gasteiger partial charge in [-0.3, -0.25) is 5.10 Å². The lowest BCUT2D eigenvalue weighted by atomic mass is 10.0. The zero-order valence-corrected chi connectivity index (χ0v) is 16.1. The molecule has 0 spiro atoms. The molecule has 28 heavy (non-hydrogen) atoms. The van der Waals surface area contributed by atoms with Crippen LogP contribution in [-0.4, -0.2) is 26.9 Å². The lowest BCUT2D eigenvalue weighted by Gasteiger charge is -2.05. The van der Waals surface area contributed by atoms with Crippen LogP contribution in [0.1, 0.15) is 32.3 Å². The largest absolute Gasteiger partial charge is 0.494 e. The molecule has 6 nitrogen and oxygen atoms in total. The summed E-state index contributed by atoms with van der Waals surface area (Å²) < 4.78 is 10.9. The third-order valence-corrected chi connectivity index (χ3v) is 4.53. The minimum absolute atomic E-state index is 0.404. The first kappa shape index (κ1) is 18.0. The molecule has 0 atom stereocenters. The van der Waals surface area contributed by atoms with Crippen LogP contribution in [0.4, 0.5) is 0 Å². The fourth-order valence-electron chi connectivity index (χ4n) is 2.93. The molecule has 0 saturated carbocycles. The van der Waals surface area contributed by atoms with Crippen molar-refractivity contribution < 1.29 is 9.26 Å². The molecule has 0 fully saturated rings. The van der Waals surface area contributed by atoms with Gasteiger partial charge in [-0.25, -0.2) is 0 Å². The van der Waals surface area contributed by atoms with Gasteiger partial charge in [-0.1, -0.05) is 43.3 Å². The topological polar surface area (TPSA) is 76.8 Å². The van der Waals surface area contributed by atoms with E-state index in [-0.39, 0.29) is 0 Å². The minimum atomic E-state index is 0.404. The van der Waals surface area contributed by atoms with Gasteiger partial charge in [0.2, 0.25) is 5.82 Å². The molecule has 6 heteroatoms. The summed E-state index contributed by atoms with van der Waals surface area (Å²) in [4.78, 5) is 4.48. The number of rotatable bonds is 6. The molecular weight excluding hydrogens is 352 g/mol. The van der Waals surface area contributed by atoms with Crippen molar-refractivity contribution in [2.24, 2.45) is 0 Å². The molecule has 0 aliphatic rings. The maximum Gasteiger partial charge on any atom is 0.276 e. The van der Waals surface area contributed by atoms with Crippen molar-refractivity contribution >= 4 is 0 Å². The van der Waals surface area contributed by atoms with E-state index in [1.165, 1.54) is 5.56 Å². The summed E-state index contributed by atoms with van der Waals surface area (Å²) in [6.07, 6.45) is 0. The van der Waals surface area contributed by atoms with Crippen LogP contribution in [0, 0.1) is 0 Å². The summed E-state index contributed by atoms with van der Waals surface area (Å²) >= 11 is 0. The highest BCUT2D eigenvalue weighted by Crippen LogP contribution is 2.27. The van der Waals surface area contributed by atoms with Gasteiger partial charge in [-0.2, -0.15) is 10.1 Å². The molecule has 0 bridgehead atoms. The van der Waals surface area contributed by atoms with Gasteiger partial charge in [-0.05, 0) is 48.7 Å². The number of hydrogen-bond acceptors (Lipinski definition) is 5. The molecule has 0 aliphatic carbocycles. The van der Waals surface area contributed by atoms with Crippen LogP contribution >= 0.6 is 0 Å². The summed E-state index contributed by atoms with van der Waals surface area (Å²) in [5, 5.41) is 11.4. The van der Waals surface area contributed by atoms with Gasteiger partial charge in [-0.15, -0.1) is 0 Å². The highest BCUT2D eigenvalue weighted by atomic mass is 16.5. The van der Waals surface area contributed by atoms with Crippen LogP contribution in [0.2, 0.25) is 0 Å². The van der Waals surface area contributed by atoms with Crippen LogP contribution < -0.4 is 4.74 Å². The predicted molar refractivity (Wildman–Crippen MR) is 108 cm³/mol. The van der Waals surface area contributed by atoms with E-state index in [0.717, 1.165) is 22.6 Å². The van der Waals surface area contributed by atoms with Gasteiger partial charge in [0, 0.05) is 11.1 Å². The highest BCUT2D eigenvalue weighted by molar-refractivity contribution is 5.66. The summed E-state index contributed by atoms with van der Waals surface area (Å²) in [7, 11) is 0. The maximum atomic E-state index is 5.46. The Kier molecular flexibility index (Phi) is 4.93. The Morgan fingerprint density at radius 1 is 1.00 bits per heavy atom. The first-order chi connectivity index (χ1) is 13.6. The number of nitrogens with zero attached hydrogens (tertiary/aromatic N) is 3. The first-order valence-electron chi connectivity index (χ1n) is 9.37. The smallest absolute Gasteiger partial charge is 0.276 e. The molecule has 2 heterocycles. The maximum absolute atomic E-state index is 5.46. The zero-order chi connectivity index (χ0) is 19.5. The zero-order valence-electron chi connectivity index (χ0n) is 16.1. The Morgan fingerprint density at radius 3 is 2.39 bits per heavy atom. The minimum Gasteiger partial charge on any atom is -0.494 e. The van der Waals surface area contributed by atoms with Crippen molar-refractivity contribution in [1.82, 2.24) is 20.3 Å². The molecule has 2 aromatic carbocycles. The molecular formula is C22H22N4O2. The Labute approximate surface area is 163 Å². The number of benzene rings is 2. The molecule has 1 N–H and O–H groups in total. The van der Waals surface area contributed by atoms with Gasteiger partial charge >= 0.3 is 0 Å². The molecule has 142 valence electrons. The van der Waals surface area contributed by atoms with Crippen LogP contribution in [0.3, 0.4) is 0 Å². The van der Waals surface area contributed by atoms with Gasteiger partial charge in [0.25, 0.3) is 5.89 Å². The summed E-state index contributed by atoms with van der Waals surface area (Å²) in [6.45, 7) is 6.95. The second-order valence-electron chi connectivity index (χ2n) is 6.82. The third-order valence-electron chi connectivity index (χ3n) is 4.53. The van der Waals surface area contributed by atoms with Crippen molar-refractivity contribution in [3.8, 4) is 40.0 Å². The van der Waals surface area contributed by atoms with Crippen LogP contribution in [-0.2, 0) is 0 Å². The summed E-state index contributed by atoms with van der Waals surface area (Å²) in [6, 6.07) is 17.9. The molecule has 4 rings (SSSR count). The average Bonchev–Trinajstić information content (AvgIpc) is 3.39. The van der Waals surface area contributed by atoms with E-state index in [4.69, 9.17) is 9.26 Å². The van der Waals surface area contributed by atoms with Crippen LogP contribution in [0.15, 0.2) is 59.1 Å². The third kappa shape index (κ3) is 3.67. The second kappa shape index (κ2) is 7.68. The van der Waals surface area contributed by atoms with Crippen molar-refractivity contribution in [3.05, 3.63) is 60.2 Å². The molecule has 0 amide bonds. The van der Waals surface area contributed by atoms with Crippen molar-refractivity contribution in [2.75, 3.05) is 6.61 Å². The van der Waals surface area contributed by atoms with Crippen molar-refractivity contribution in [1.29, 1.82) is 0 Å². The monoisotopic (exact) mass is 374 g/mol. The van der Waals surface area contributed by atoms with Crippen molar-refractivity contribution in [2.45, 2.75) is 26.7 Å². The fourth-order valence-corrected chi connectivity index (χ4v) is 2.93. The SMILES string of the molecule is CCOc1ccc(-c2noc(-c3cc(-c4ccc(C(C)C)cc4)n[nH]3)n2)cc1. The Balaban J connectivity index is 1.54. The number of aromatic nitrogens is 4. The quantitative estimate of drug-likeness (QED) is 0.494. The average molecular weight is 374 g/mol. The molecule has 4 aromatic rings. The van der Waals surface area contributed by atoms with E-state index < -0.39 is 0 Å². The van der Waals surface area contributed by atoms with Crippen LogP contribution in [0.25, 0.3) is 34.2 Å². The summed E-state index contributed by atoms with van der Waals surface area (Å²) in [5.41, 5.74) is 4.73. The second-order valence-corrected chi connectivity index (χ2v) is 6.82. The molecule has 0 saturated heterocycles. The van der Waals surface area contributed by atoms with Gasteiger partial charge in [0.05, 0.1) is 12.3 Å². The van der Waals surface area contributed by atoms with E-state index in [9.17, 15) is 0 Å². The number of nitrogens with one attached hydrogen (secondary N) is 1. The number of aromatic amines is 1. The van der Waals surface area contributed by atoms with E-state index in [0.29, 0.717) is 29.9 Å². The Morgan fingerprint density at radius 2 is 1.71 bits per heavy atom. The molecule has 0 aliphatic heterocycles. The lowest BCUT2D eigenvalue weighted by Crippen LogP contribution is -1.90. The van der Waals surface area contributed by atoms with E-state index >= 15 is 0 Å². The van der Waals surface area contributed by atoms with Gasteiger partial charge in [0.15, 0.2) is 0 Å². The lowest BCUT2D eigenvalue weighted by molar-refractivity contribution is 0.340. The van der Waals surface area contributed by atoms with Gasteiger partial charge in [0.1, 0.15) is 11.4 Å². The van der Waals surface area contributed by atoms with E-state index in [2.05, 4.69) is 58.5 Å². The standard InChI is InChI=1S/C22H22N4O2/c1-4-27-18-11-9-17(10-12-18)21-23-22(28-26-21)20-13-19(24-25-20)16-7-5-15(6-8-16)14(2)3/h5-14H,4H2,1-3H3,(H,24,25). The first-order valence-corrected chi connectivity index (χ1v) is 9.37. The summed E-state index contributed by atoms with van der Waals surface area (Å²) in [5.74, 6) is 2.25. The van der Waals surface area contributed by atoms with Crippen molar-refractivity contribution in [3.63, 3.8) is 0 Å². The van der Waals surface area contributed by atoms with Gasteiger partial charge < -0.3 is 9.26 Å². The molecule has 0 unspecified atom stereocenters. The number of H-pyrrole nitrogens is 1.